The summed E-state index contributed by atoms with van der Waals surface area (Å²) < 4.78 is 1.38. The Hall–Kier alpha value is -2.88. The lowest BCUT2D eigenvalue weighted by atomic mass is 10.2. The number of benzene rings is 2. The first-order valence-electron chi connectivity index (χ1n) is 9.62. The van der Waals surface area contributed by atoms with E-state index in [1.807, 2.05) is 4.90 Å². The third kappa shape index (κ3) is 4.11. The number of non-ortho nitro benzene ring substituents is 1. The largest absolute Gasteiger partial charge is 0.367 e. The molecule has 12 heteroatoms. The molecular formula is C20H17Cl3N6O3. The van der Waals surface area contributed by atoms with Crippen molar-refractivity contribution in [2.45, 2.75) is 6.92 Å². The molecule has 1 saturated heterocycles. The van der Waals surface area contributed by atoms with Crippen LogP contribution >= 0.6 is 34.8 Å². The molecule has 1 fully saturated rings. The minimum absolute atomic E-state index is 0.0676. The summed E-state index contributed by atoms with van der Waals surface area (Å²) in [6.07, 6.45) is 0. The van der Waals surface area contributed by atoms with Crippen molar-refractivity contribution in [2.24, 2.45) is 0 Å². The van der Waals surface area contributed by atoms with Crippen LogP contribution in [0.25, 0.3) is 5.69 Å². The summed E-state index contributed by atoms with van der Waals surface area (Å²) in [5, 5.41) is 20.1. The van der Waals surface area contributed by atoms with Gasteiger partial charge in [-0.25, -0.2) is 4.68 Å². The van der Waals surface area contributed by atoms with Gasteiger partial charge in [-0.1, -0.05) is 46.1 Å². The molecule has 2 aromatic carbocycles. The van der Waals surface area contributed by atoms with Gasteiger partial charge in [0.15, 0.2) is 5.69 Å². The van der Waals surface area contributed by atoms with E-state index in [0.29, 0.717) is 64.0 Å². The third-order valence-electron chi connectivity index (χ3n) is 5.24. The van der Waals surface area contributed by atoms with Gasteiger partial charge in [-0.05, 0) is 25.1 Å². The van der Waals surface area contributed by atoms with Crippen LogP contribution in [-0.4, -0.2) is 56.9 Å². The molecule has 0 bridgehead atoms. The molecule has 32 heavy (non-hydrogen) atoms. The molecular weight excluding hydrogens is 479 g/mol. The number of amides is 1. The molecule has 1 aromatic heterocycles. The molecule has 2 heterocycles. The summed E-state index contributed by atoms with van der Waals surface area (Å²) >= 11 is 18.9. The number of nitro benzene ring substituents is 1. The number of aromatic nitrogens is 3. The average molecular weight is 496 g/mol. The van der Waals surface area contributed by atoms with E-state index in [2.05, 4.69) is 10.3 Å². The van der Waals surface area contributed by atoms with Gasteiger partial charge < -0.3 is 9.80 Å². The number of halogens is 3. The number of hydrogen-bond acceptors (Lipinski definition) is 6. The zero-order valence-electron chi connectivity index (χ0n) is 16.8. The number of hydrogen-bond donors (Lipinski definition) is 0. The summed E-state index contributed by atoms with van der Waals surface area (Å²) in [5.41, 5.74) is 1.78. The first kappa shape index (κ1) is 22.3. The summed E-state index contributed by atoms with van der Waals surface area (Å²) in [7, 11) is 0. The molecule has 3 aromatic rings. The van der Waals surface area contributed by atoms with Gasteiger partial charge in [-0.2, -0.15) is 0 Å². The van der Waals surface area contributed by atoms with Gasteiger partial charge in [0.2, 0.25) is 0 Å². The van der Waals surface area contributed by atoms with Crippen molar-refractivity contribution >= 4 is 52.1 Å². The molecule has 4 rings (SSSR count). The lowest BCUT2D eigenvalue weighted by molar-refractivity contribution is -0.384. The van der Waals surface area contributed by atoms with E-state index in [1.165, 1.54) is 16.8 Å². The zero-order valence-corrected chi connectivity index (χ0v) is 19.1. The normalized spacial score (nSPS) is 14.0. The van der Waals surface area contributed by atoms with Crippen molar-refractivity contribution in [3.05, 3.63) is 73.0 Å². The van der Waals surface area contributed by atoms with E-state index in [-0.39, 0.29) is 11.6 Å². The Morgan fingerprint density at radius 2 is 1.69 bits per heavy atom. The standard InChI is InChI=1S/C20H17Cl3N6O3/c1-12-18(28(25-24-12)19-14(21)3-2-4-15(19)22)20(30)27-9-7-26(8-10-27)17-6-5-13(29(31)32)11-16(17)23/h2-6,11H,7-10H2,1H3. The van der Waals surface area contributed by atoms with Crippen molar-refractivity contribution in [1.29, 1.82) is 0 Å². The fraction of sp³-hybridized carbons (Fsp3) is 0.250. The van der Waals surface area contributed by atoms with Crippen LogP contribution in [0.2, 0.25) is 15.1 Å². The second-order valence-electron chi connectivity index (χ2n) is 7.18. The van der Waals surface area contributed by atoms with Crippen molar-refractivity contribution < 1.29 is 9.72 Å². The first-order chi connectivity index (χ1) is 15.3. The van der Waals surface area contributed by atoms with E-state index >= 15 is 0 Å². The van der Waals surface area contributed by atoms with Crippen LogP contribution in [0.1, 0.15) is 16.2 Å². The van der Waals surface area contributed by atoms with E-state index in [4.69, 9.17) is 34.8 Å². The molecule has 0 saturated carbocycles. The fourth-order valence-corrected chi connectivity index (χ4v) is 4.47. The molecule has 1 aliphatic heterocycles. The monoisotopic (exact) mass is 494 g/mol. The van der Waals surface area contributed by atoms with E-state index < -0.39 is 4.92 Å². The van der Waals surface area contributed by atoms with Gasteiger partial charge in [0.1, 0.15) is 5.69 Å². The number of carbonyl (C=O) groups excluding carboxylic acids is 1. The van der Waals surface area contributed by atoms with Gasteiger partial charge in [0, 0.05) is 38.3 Å². The van der Waals surface area contributed by atoms with Crippen molar-refractivity contribution in [2.75, 3.05) is 31.1 Å². The lowest BCUT2D eigenvalue weighted by Gasteiger charge is -2.36. The number of aryl methyl sites for hydroxylation is 1. The molecule has 1 aliphatic rings. The van der Waals surface area contributed by atoms with Gasteiger partial charge in [-0.15, -0.1) is 5.10 Å². The minimum atomic E-state index is -0.489. The van der Waals surface area contributed by atoms with Crippen LogP contribution < -0.4 is 4.90 Å². The van der Waals surface area contributed by atoms with Gasteiger partial charge >= 0.3 is 0 Å². The maximum atomic E-state index is 13.3. The van der Waals surface area contributed by atoms with Crippen LogP contribution in [0, 0.1) is 17.0 Å². The zero-order chi connectivity index (χ0) is 23.0. The molecule has 0 spiro atoms. The number of piperazine rings is 1. The minimum Gasteiger partial charge on any atom is -0.367 e. The lowest BCUT2D eigenvalue weighted by Crippen LogP contribution is -2.49. The van der Waals surface area contributed by atoms with Crippen LogP contribution in [0.15, 0.2) is 36.4 Å². The Bertz CT molecular complexity index is 1190. The van der Waals surface area contributed by atoms with Gasteiger partial charge in [-0.3, -0.25) is 14.9 Å². The Balaban J connectivity index is 1.54. The highest BCUT2D eigenvalue weighted by Crippen LogP contribution is 2.32. The van der Waals surface area contributed by atoms with Gasteiger partial charge in [0.05, 0.1) is 31.4 Å². The van der Waals surface area contributed by atoms with E-state index in [1.54, 1.807) is 36.1 Å². The number of carbonyl (C=O) groups is 1. The highest BCUT2D eigenvalue weighted by atomic mass is 35.5. The first-order valence-corrected chi connectivity index (χ1v) is 10.8. The number of rotatable bonds is 4. The van der Waals surface area contributed by atoms with Crippen LogP contribution in [0.3, 0.4) is 0 Å². The predicted octanol–water partition coefficient (Wildman–Crippen LogP) is 4.41. The summed E-state index contributed by atoms with van der Waals surface area (Å²) in [6.45, 7) is 3.57. The summed E-state index contributed by atoms with van der Waals surface area (Å²) in [6, 6.07) is 9.42. The molecule has 0 aliphatic carbocycles. The van der Waals surface area contributed by atoms with E-state index in [9.17, 15) is 14.9 Å². The van der Waals surface area contributed by atoms with Crippen molar-refractivity contribution in [3.8, 4) is 5.69 Å². The molecule has 0 atom stereocenters. The highest BCUT2D eigenvalue weighted by molar-refractivity contribution is 6.37. The maximum Gasteiger partial charge on any atom is 0.274 e. The Kier molecular flexibility index (Phi) is 6.23. The van der Waals surface area contributed by atoms with E-state index in [0.717, 1.165) is 0 Å². The number of para-hydroxylation sites is 1. The highest BCUT2D eigenvalue weighted by Gasteiger charge is 2.29. The van der Waals surface area contributed by atoms with Crippen LogP contribution in [0.5, 0.6) is 0 Å². The van der Waals surface area contributed by atoms with Gasteiger partial charge in [0.25, 0.3) is 11.6 Å². The van der Waals surface area contributed by atoms with Crippen LogP contribution in [0.4, 0.5) is 11.4 Å². The summed E-state index contributed by atoms with van der Waals surface area (Å²) in [4.78, 5) is 27.5. The Morgan fingerprint density at radius 1 is 1.03 bits per heavy atom. The van der Waals surface area contributed by atoms with Crippen molar-refractivity contribution in [1.82, 2.24) is 19.9 Å². The SMILES string of the molecule is Cc1nnn(-c2c(Cl)cccc2Cl)c1C(=O)N1CCN(c2ccc([N+](=O)[O-])cc2Cl)CC1. The maximum absolute atomic E-state index is 13.3. The molecule has 9 nitrogen and oxygen atoms in total. The number of nitro groups is 1. The average Bonchev–Trinajstić information content (AvgIpc) is 3.14. The number of anilines is 1. The molecule has 1 amide bonds. The molecule has 0 unspecified atom stereocenters. The van der Waals surface area contributed by atoms with Crippen molar-refractivity contribution in [3.63, 3.8) is 0 Å². The third-order valence-corrected chi connectivity index (χ3v) is 6.15. The van der Waals surface area contributed by atoms with Crippen LogP contribution in [-0.2, 0) is 0 Å². The fourth-order valence-electron chi connectivity index (χ4n) is 3.62. The summed E-state index contributed by atoms with van der Waals surface area (Å²) in [5.74, 6) is -0.238. The Labute approximate surface area is 198 Å². The topological polar surface area (TPSA) is 97.4 Å². The molecule has 0 radical (unpaired) electrons. The second-order valence-corrected chi connectivity index (χ2v) is 8.40. The smallest absolute Gasteiger partial charge is 0.274 e. The predicted molar refractivity (Wildman–Crippen MR) is 122 cm³/mol. The quantitative estimate of drug-likeness (QED) is 0.393. The molecule has 166 valence electrons. The molecule has 0 N–H and O–H groups in total. The second kappa shape index (κ2) is 8.93. The number of nitrogens with zero attached hydrogens (tertiary/aromatic N) is 6. The Morgan fingerprint density at radius 3 is 2.28 bits per heavy atom.